The highest BCUT2D eigenvalue weighted by atomic mass is 16.5. The average molecular weight is 369 g/mol. The number of aromatic hydroxyl groups is 1. The summed E-state index contributed by atoms with van der Waals surface area (Å²) in [5.74, 6) is 1.88. The lowest BCUT2D eigenvalue weighted by atomic mass is 9.53. The van der Waals surface area contributed by atoms with Crippen molar-refractivity contribution in [2.24, 2.45) is 11.3 Å². The molecule has 1 aromatic heterocycles. The number of fused-ring (bicyclic) bond motifs is 3. The number of aromatic nitrogens is 1. The molecule has 2 N–H and O–H groups in total. The van der Waals surface area contributed by atoms with E-state index in [1.807, 2.05) is 19.9 Å². The Bertz CT molecular complexity index is 793. The normalized spacial score (nSPS) is 27.4. The predicted octanol–water partition coefficient (Wildman–Crippen LogP) is 5.50. The minimum atomic E-state index is 0.283. The van der Waals surface area contributed by atoms with Gasteiger partial charge in [0.1, 0.15) is 11.5 Å². The number of hydrogen-bond donors (Lipinski definition) is 2. The topological polar surface area (TPSA) is 58.3 Å². The third-order valence-electron chi connectivity index (χ3n) is 7.50. The standard InChI is InChI=1S/C23H32N2O2/c1-15(2)22-5-8-23(9-6-22,10-7-22)24-14-18-11-19(13-20(26)12-18)21-16(3)25-27-17(21)4/h11-13,15,24,26H,5-10,14H2,1-4H3. The first kappa shape index (κ1) is 18.5. The fraction of sp³-hybridized carbons (Fsp3) is 0.609. The van der Waals surface area contributed by atoms with E-state index < -0.39 is 0 Å². The van der Waals surface area contributed by atoms with Gasteiger partial charge in [-0.2, -0.15) is 0 Å². The van der Waals surface area contributed by atoms with Gasteiger partial charge in [0.15, 0.2) is 0 Å². The maximum Gasteiger partial charge on any atom is 0.141 e. The van der Waals surface area contributed by atoms with Crippen molar-refractivity contribution in [3.8, 4) is 16.9 Å². The van der Waals surface area contributed by atoms with Gasteiger partial charge in [0.05, 0.1) is 5.69 Å². The van der Waals surface area contributed by atoms with Crippen LogP contribution in [0.25, 0.3) is 11.1 Å². The first-order chi connectivity index (χ1) is 12.8. The highest BCUT2D eigenvalue weighted by Crippen LogP contribution is 2.55. The molecule has 0 spiro atoms. The molecule has 4 heteroatoms. The number of benzene rings is 1. The van der Waals surface area contributed by atoms with Crippen molar-refractivity contribution in [3.05, 3.63) is 35.2 Å². The summed E-state index contributed by atoms with van der Waals surface area (Å²) < 4.78 is 5.30. The molecule has 2 aromatic rings. The van der Waals surface area contributed by atoms with E-state index in [0.717, 1.165) is 40.6 Å². The second kappa shape index (κ2) is 6.66. The number of phenols is 1. The molecular weight excluding hydrogens is 336 g/mol. The third-order valence-corrected chi connectivity index (χ3v) is 7.50. The number of phenolic OH excluding ortho intramolecular Hbond substituents is 1. The van der Waals surface area contributed by atoms with Crippen LogP contribution in [0.5, 0.6) is 5.75 Å². The molecule has 0 saturated heterocycles. The van der Waals surface area contributed by atoms with Gasteiger partial charge in [0, 0.05) is 17.6 Å². The van der Waals surface area contributed by atoms with Crippen molar-refractivity contribution >= 4 is 0 Å². The molecule has 0 amide bonds. The van der Waals surface area contributed by atoms with E-state index in [0.29, 0.717) is 11.2 Å². The van der Waals surface area contributed by atoms with Crippen LogP contribution < -0.4 is 5.32 Å². The molecular formula is C23H32N2O2. The highest BCUT2D eigenvalue weighted by molar-refractivity contribution is 5.69. The fourth-order valence-electron chi connectivity index (χ4n) is 5.45. The molecule has 0 radical (unpaired) electrons. The van der Waals surface area contributed by atoms with Crippen LogP contribution in [0.3, 0.4) is 0 Å². The molecule has 3 aliphatic rings. The molecule has 0 unspecified atom stereocenters. The maximum atomic E-state index is 10.3. The number of aryl methyl sites for hydroxylation is 2. The average Bonchev–Trinajstić information content (AvgIpc) is 2.99. The van der Waals surface area contributed by atoms with Gasteiger partial charge >= 0.3 is 0 Å². The van der Waals surface area contributed by atoms with Gasteiger partial charge in [-0.05, 0) is 93.0 Å². The molecule has 2 bridgehead atoms. The molecule has 0 aliphatic heterocycles. The van der Waals surface area contributed by atoms with Crippen molar-refractivity contribution in [3.63, 3.8) is 0 Å². The smallest absolute Gasteiger partial charge is 0.141 e. The van der Waals surface area contributed by atoms with Gasteiger partial charge in [-0.25, -0.2) is 0 Å². The van der Waals surface area contributed by atoms with E-state index >= 15 is 0 Å². The lowest BCUT2D eigenvalue weighted by molar-refractivity contribution is -0.0112. The molecule has 5 rings (SSSR count). The predicted molar refractivity (Wildman–Crippen MR) is 108 cm³/mol. The quantitative estimate of drug-likeness (QED) is 0.731. The molecule has 3 saturated carbocycles. The summed E-state index contributed by atoms with van der Waals surface area (Å²) in [5.41, 5.74) is 4.82. The van der Waals surface area contributed by atoms with Gasteiger partial charge in [-0.3, -0.25) is 0 Å². The zero-order chi connectivity index (χ0) is 19.2. The first-order valence-corrected chi connectivity index (χ1v) is 10.3. The summed E-state index contributed by atoms with van der Waals surface area (Å²) >= 11 is 0. The largest absolute Gasteiger partial charge is 0.508 e. The Labute approximate surface area is 162 Å². The van der Waals surface area contributed by atoms with Crippen LogP contribution in [0, 0.1) is 25.2 Å². The minimum absolute atomic E-state index is 0.283. The summed E-state index contributed by atoms with van der Waals surface area (Å²) in [6.45, 7) is 9.45. The summed E-state index contributed by atoms with van der Waals surface area (Å²) in [5, 5.41) is 18.2. The monoisotopic (exact) mass is 368 g/mol. The fourth-order valence-corrected chi connectivity index (χ4v) is 5.45. The van der Waals surface area contributed by atoms with E-state index in [4.69, 9.17) is 4.52 Å². The Morgan fingerprint density at radius 1 is 1.07 bits per heavy atom. The van der Waals surface area contributed by atoms with Crippen LogP contribution in [-0.2, 0) is 6.54 Å². The Kier molecular flexibility index (Phi) is 4.58. The van der Waals surface area contributed by atoms with E-state index in [1.165, 1.54) is 38.5 Å². The SMILES string of the molecule is Cc1noc(C)c1-c1cc(O)cc(CNC23CCC(C(C)C)(CC2)CC3)c1. The minimum Gasteiger partial charge on any atom is -0.508 e. The van der Waals surface area contributed by atoms with Crippen molar-refractivity contribution in [2.75, 3.05) is 0 Å². The van der Waals surface area contributed by atoms with Gasteiger partial charge < -0.3 is 14.9 Å². The Hall–Kier alpha value is -1.81. The summed E-state index contributed by atoms with van der Waals surface area (Å²) in [6, 6.07) is 5.82. The van der Waals surface area contributed by atoms with Crippen molar-refractivity contribution in [1.82, 2.24) is 10.5 Å². The van der Waals surface area contributed by atoms with Crippen LogP contribution in [0.2, 0.25) is 0 Å². The molecule has 3 fully saturated rings. The van der Waals surface area contributed by atoms with Crippen LogP contribution in [-0.4, -0.2) is 15.8 Å². The molecule has 4 nitrogen and oxygen atoms in total. The van der Waals surface area contributed by atoms with E-state index in [-0.39, 0.29) is 5.54 Å². The number of hydrogen-bond acceptors (Lipinski definition) is 4. The van der Waals surface area contributed by atoms with Crippen LogP contribution in [0.4, 0.5) is 0 Å². The lowest BCUT2D eigenvalue weighted by Crippen LogP contribution is -2.55. The third kappa shape index (κ3) is 3.29. The maximum absolute atomic E-state index is 10.3. The van der Waals surface area contributed by atoms with Gasteiger partial charge in [-0.1, -0.05) is 19.0 Å². The van der Waals surface area contributed by atoms with Crippen LogP contribution in [0.15, 0.2) is 22.7 Å². The summed E-state index contributed by atoms with van der Waals surface area (Å²) in [4.78, 5) is 0. The Morgan fingerprint density at radius 3 is 2.30 bits per heavy atom. The molecule has 146 valence electrons. The zero-order valence-electron chi connectivity index (χ0n) is 17.1. The van der Waals surface area contributed by atoms with E-state index in [1.54, 1.807) is 6.07 Å². The second-order valence-corrected chi connectivity index (χ2v) is 9.24. The number of rotatable bonds is 5. The van der Waals surface area contributed by atoms with Crippen LogP contribution >= 0.6 is 0 Å². The molecule has 3 aliphatic carbocycles. The van der Waals surface area contributed by atoms with Crippen molar-refractivity contribution in [1.29, 1.82) is 0 Å². The van der Waals surface area contributed by atoms with Gasteiger partial charge in [-0.15, -0.1) is 0 Å². The molecule has 1 heterocycles. The molecule has 27 heavy (non-hydrogen) atoms. The van der Waals surface area contributed by atoms with E-state index in [2.05, 4.69) is 30.4 Å². The molecule has 1 aromatic carbocycles. The highest BCUT2D eigenvalue weighted by Gasteiger charge is 2.49. The number of nitrogens with zero attached hydrogens (tertiary/aromatic N) is 1. The van der Waals surface area contributed by atoms with Crippen molar-refractivity contribution in [2.45, 2.75) is 78.3 Å². The summed E-state index contributed by atoms with van der Waals surface area (Å²) in [7, 11) is 0. The summed E-state index contributed by atoms with van der Waals surface area (Å²) in [6.07, 6.45) is 7.88. The van der Waals surface area contributed by atoms with E-state index in [9.17, 15) is 5.11 Å². The van der Waals surface area contributed by atoms with Crippen molar-refractivity contribution < 1.29 is 9.63 Å². The first-order valence-electron chi connectivity index (χ1n) is 10.3. The van der Waals surface area contributed by atoms with Crippen LogP contribution in [0.1, 0.15) is 69.4 Å². The number of nitrogens with one attached hydrogen (secondary N) is 1. The second-order valence-electron chi connectivity index (χ2n) is 9.24. The molecule has 0 atom stereocenters. The zero-order valence-corrected chi connectivity index (χ0v) is 17.1. The van der Waals surface area contributed by atoms with Gasteiger partial charge in [0.2, 0.25) is 0 Å². The lowest BCUT2D eigenvalue weighted by Gasteiger charge is -2.56. The van der Waals surface area contributed by atoms with Gasteiger partial charge in [0.25, 0.3) is 0 Å². The Balaban J connectivity index is 1.50. The Morgan fingerprint density at radius 2 is 1.74 bits per heavy atom.